The lowest BCUT2D eigenvalue weighted by Gasteiger charge is -2.17. The third kappa shape index (κ3) is 5.23. The zero-order valence-corrected chi connectivity index (χ0v) is 12.4. The smallest absolute Gasteiger partial charge is 0.238 e. The van der Waals surface area contributed by atoms with Gasteiger partial charge in [0.15, 0.2) is 0 Å². The fraction of sp³-hybridized carbons (Fsp3) is 0.417. The quantitative estimate of drug-likeness (QED) is 0.617. The number of carbonyl (C=O) groups excluding carboxylic acids is 1. The summed E-state index contributed by atoms with van der Waals surface area (Å²) in [5.41, 5.74) is 1.08. The second-order valence-corrected chi connectivity index (χ2v) is 5.74. The highest BCUT2D eigenvalue weighted by atomic mass is 127. The highest BCUT2D eigenvalue weighted by molar-refractivity contribution is 14.1. The number of benzene rings is 1. The van der Waals surface area contributed by atoms with Crippen molar-refractivity contribution < 1.29 is 9.90 Å². The van der Waals surface area contributed by atoms with Gasteiger partial charge in [0, 0.05) is 3.57 Å². The first-order valence-corrected chi connectivity index (χ1v) is 6.84. The highest BCUT2D eigenvalue weighted by Crippen LogP contribution is 2.10. The Morgan fingerprint density at radius 2 is 2.29 bits per heavy atom. The highest BCUT2D eigenvalue weighted by Gasteiger charge is 2.15. The molecule has 0 radical (unpaired) electrons. The Balaban J connectivity index is 2.61. The Morgan fingerprint density at radius 3 is 2.82 bits per heavy atom. The van der Waals surface area contributed by atoms with Crippen molar-refractivity contribution in [1.29, 1.82) is 0 Å². The van der Waals surface area contributed by atoms with Crippen molar-refractivity contribution in [1.82, 2.24) is 5.32 Å². The van der Waals surface area contributed by atoms with E-state index >= 15 is 0 Å². The number of halogens is 2. The number of carbonyl (C=O) groups is 1. The van der Waals surface area contributed by atoms with Gasteiger partial charge in [-0.3, -0.25) is 4.79 Å². The van der Waals surface area contributed by atoms with Gasteiger partial charge in [0.25, 0.3) is 0 Å². The van der Waals surface area contributed by atoms with Gasteiger partial charge in [0.1, 0.15) is 5.38 Å². The fourth-order valence-electron chi connectivity index (χ4n) is 1.43. The maximum atomic E-state index is 11.4. The van der Waals surface area contributed by atoms with Crippen LogP contribution in [0.3, 0.4) is 0 Å². The molecule has 0 aliphatic rings. The van der Waals surface area contributed by atoms with Crippen LogP contribution in [-0.2, 0) is 11.2 Å². The third-order valence-corrected chi connectivity index (χ3v) is 3.17. The molecule has 0 fully saturated rings. The van der Waals surface area contributed by atoms with Crippen LogP contribution in [0, 0.1) is 3.57 Å². The molecule has 0 aliphatic heterocycles. The van der Waals surface area contributed by atoms with E-state index in [-0.39, 0.29) is 18.6 Å². The molecule has 2 N–H and O–H groups in total. The Kier molecular flexibility index (Phi) is 6.22. The predicted octanol–water partition coefficient (Wildman–Crippen LogP) is 1.94. The Morgan fingerprint density at radius 1 is 1.59 bits per heavy atom. The number of rotatable bonds is 5. The fourth-order valence-corrected chi connectivity index (χ4v) is 2.10. The molecule has 0 aliphatic carbocycles. The summed E-state index contributed by atoms with van der Waals surface area (Å²) in [5, 5.41) is 11.4. The summed E-state index contributed by atoms with van der Waals surface area (Å²) in [6.45, 7) is 1.51. The SMILES string of the molecule is C[C@H](Cl)C(=O)N[C@@H](CO)Cc1cccc(I)c1. The van der Waals surface area contributed by atoms with Crippen molar-refractivity contribution in [2.45, 2.75) is 24.8 Å². The van der Waals surface area contributed by atoms with Crippen LogP contribution in [0.5, 0.6) is 0 Å². The zero-order valence-electron chi connectivity index (χ0n) is 9.49. The van der Waals surface area contributed by atoms with E-state index in [0.717, 1.165) is 9.13 Å². The van der Waals surface area contributed by atoms with Gasteiger partial charge in [-0.1, -0.05) is 12.1 Å². The molecule has 3 nitrogen and oxygen atoms in total. The van der Waals surface area contributed by atoms with Crippen molar-refractivity contribution in [3.63, 3.8) is 0 Å². The molecular weight excluding hydrogens is 352 g/mol. The van der Waals surface area contributed by atoms with Gasteiger partial charge in [-0.25, -0.2) is 0 Å². The molecule has 0 heterocycles. The maximum Gasteiger partial charge on any atom is 0.238 e. The number of aliphatic hydroxyl groups is 1. The number of alkyl halides is 1. The van der Waals surface area contributed by atoms with E-state index in [1.54, 1.807) is 6.92 Å². The van der Waals surface area contributed by atoms with Gasteiger partial charge < -0.3 is 10.4 Å². The molecule has 5 heteroatoms. The minimum atomic E-state index is -0.583. The van der Waals surface area contributed by atoms with Gasteiger partial charge in [0.2, 0.25) is 5.91 Å². The van der Waals surface area contributed by atoms with Gasteiger partial charge in [0.05, 0.1) is 12.6 Å². The molecule has 17 heavy (non-hydrogen) atoms. The molecular formula is C12H15ClINO2. The summed E-state index contributed by atoms with van der Waals surface area (Å²) in [6.07, 6.45) is 0.600. The first kappa shape index (κ1) is 14.7. The Labute approximate surface area is 120 Å². The molecule has 94 valence electrons. The Bertz CT molecular complexity index is 385. The lowest BCUT2D eigenvalue weighted by Crippen LogP contribution is -2.42. The summed E-state index contributed by atoms with van der Waals surface area (Å²) in [5.74, 6) is -0.253. The summed E-state index contributed by atoms with van der Waals surface area (Å²) in [7, 11) is 0. The van der Waals surface area contributed by atoms with Crippen LogP contribution in [-0.4, -0.2) is 29.0 Å². The van der Waals surface area contributed by atoms with Crippen LogP contribution in [0.2, 0.25) is 0 Å². The molecule has 2 atom stereocenters. The van der Waals surface area contributed by atoms with E-state index in [2.05, 4.69) is 27.9 Å². The minimum absolute atomic E-state index is 0.0964. The summed E-state index contributed by atoms with van der Waals surface area (Å²) in [4.78, 5) is 11.4. The van der Waals surface area contributed by atoms with Crippen LogP contribution in [0.1, 0.15) is 12.5 Å². The molecule has 1 aromatic rings. The van der Waals surface area contributed by atoms with Gasteiger partial charge in [-0.15, -0.1) is 11.6 Å². The standard InChI is InChI=1S/C12H15ClINO2/c1-8(13)12(17)15-11(7-16)6-9-3-2-4-10(14)5-9/h2-5,8,11,16H,6-7H2,1H3,(H,15,17)/t8-,11+/m0/s1. The van der Waals surface area contributed by atoms with Crippen LogP contribution in [0.4, 0.5) is 0 Å². The van der Waals surface area contributed by atoms with Crippen molar-refractivity contribution in [2.24, 2.45) is 0 Å². The molecule has 0 spiro atoms. The summed E-state index contributed by atoms with van der Waals surface area (Å²) < 4.78 is 1.13. The van der Waals surface area contributed by atoms with E-state index in [1.165, 1.54) is 0 Å². The summed E-state index contributed by atoms with van der Waals surface area (Å²) in [6, 6.07) is 7.66. The van der Waals surface area contributed by atoms with Crippen molar-refractivity contribution in [3.05, 3.63) is 33.4 Å². The van der Waals surface area contributed by atoms with Crippen molar-refractivity contribution in [2.75, 3.05) is 6.61 Å². The average molecular weight is 368 g/mol. The van der Waals surface area contributed by atoms with E-state index in [0.29, 0.717) is 6.42 Å². The topological polar surface area (TPSA) is 49.3 Å². The van der Waals surface area contributed by atoms with E-state index in [1.807, 2.05) is 24.3 Å². The summed E-state index contributed by atoms with van der Waals surface area (Å²) >= 11 is 7.89. The lowest BCUT2D eigenvalue weighted by atomic mass is 10.1. The first-order chi connectivity index (χ1) is 8.02. The molecule has 0 unspecified atom stereocenters. The second-order valence-electron chi connectivity index (χ2n) is 3.84. The molecule has 0 saturated carbocycles. The third-order valence-electron chi connectivity index (χ3n) is 2.30. The number of hydrogen-bond donors (Lipinski definition) is 2. The van der Waals surface area contributed by atoms with E-state index in [9.17, 15) is 9.90 Å². The van der Waals surface area contributed by atoms with E-state index < -0.39 is 5.38 Å². The first-order valence-electron chi connectivity index (χ1n) is 5.32. The number of amides is 1. The maximum absolute atomic E-state index is 11.4. The number of nitrogens with one attached hydrogen (secondary N) is 1. The minimum Gasteiger partial charge on any atom is -0.394 e. The monoisotopic (exact) mass is 367 g/mol. The average Bonchev–Trinajstić information content (AvgIpc) is 2.27. The molecule has 0 saturated heterocycles. The van der Waals surface area contributed by atoms with Crippen LogP contribution < -0.4 is 5.32 Å². The van der Waals surface area contributed by atoms with Crippen LogP contribution in [0.25, 0.3) is 0 Å². The molecule has 1 aromatic carbocycles. The second kappa shape index (κ2) is 7.18. The van der Waals surface area contributed by atoms with Crippen molar-refractivity contribution >= 4 is 40.1 Å². The molecule has 0 bridgehead atoms. The molecule has 1 rings (SSSR count). The van der Waals surface area contributed by atoms with Crippen LogP contribution >= 0.6 is 34.2 Å². The predicted molar refractivity (Wildman–Crippen MR) is 77.2 cm³/mol. The van der Waals surface area contributed by atoms with Gasteiger partial charge in [-0.05, 0) is 53.6 Å². The Hall–Kier alpha value is -0.330. The van der Waals surface area contributed by atoms with Gasteiger partial charge in [-0.2, -0.15) is 0 Å². The molecule has 0 aromatic heterocycles. The van der Waals surface area contributed by atoms with Crippen molar-refractivity contribution in [3.8, 4) is 0 Å². The van der Waals surface area contributed by atoms with E-state index in [4.69, 9.17) is 11.6 Å². The molecule has 1 amide bonds. The largest absolute Gasteiger partial charge is 0.394 e. The number of hydrogen-bond acceptors (Lipinski definition) is 2. The zero-order chi connectivity index (χ0) is 12.8. The van der Waals surface area contributed by atoms with Gasteiger partial charge >= 0.3 is 0 Å². The van der Waals surface area contributed by atoms with Crippen LogP contribution in [0.15, 0.2) is 24.3 Å². The number of aliphatic hydroxyl groups excluding tert-OH is 1. The lowest BCUT2D eigenvalue weighted by molar-refractivity contribution is -0.121. The normalized spacial score (nSPS) is 14.1.